The van der Waals surface area contributed by atoms with Crippen LogP contribution in [-0.2, 0) is 17.6 Å². The van der Waals surface area contributed by atoms with E-state index < -0.39 is 0 Å². The van der Waals surface area contributed by atoms with Gasteiger partial charge in [0, 0.05) is 56.8 Å². The Hall–Kier alpha value is -2.79. The molecule has 38 heavy (non-hydrogen) atoms. The Morgan fingerprint density at radius 2 is 1.89 bits per heavy atom. The van der Waals surface area contributed by atoms with Gasteiger partial charge in [-0.2, -0.15) is 5.26 Å². The number of morpholine rings is 1. The summed E-state index contributed by atoms with van der Waals surface area (Å²) >= 11 is 0. The molecule has 1 atom stereocenters. The van der Waals surface area contributed by atoms with Crippen LogP contribution < -0.4 is 0 Å². The summed E-state index contributed by atoms with van der Waals surface area (Å²) in [6.07, 6.45) is 4.89. The minimum absolute atomic E-state index is 0.00573. The molecule has 2 aromatic rings. The molecular formula is C31H39FN4O2. The monoisotopic (exact) mass is 518 g/mol. The zero-order valence-corrected chi connectivity index (χ0v) is 22.5. The van der Waals surface area contributed by atoms with Crippen molar-refractivity contribution in [2.45, 2.75) is 51.0 Å². The number of nitriles is 1. The molecular weight excluding hydrogens is 479 g/mol. The summed E-state index contributed by atoms with van der Waals surface area (Å²) in [5, 5.41) is 9.59. The first-order chi connectivity index (χ1) is 18.6. The highest BCUT2D eigenvalue weighted by atomic mass is 19.1. The highest BCUT2D eigenvalue weighted by Crippen LogP contribution is 2.29. The molecule has 2 saturated heterocycles. The van der Waals surface area contributed by atoms with Crippen LogP contribution in [0.5, 0.6) is 0 Å². The Kier molecular flexibility index (Phi) is 8.73. The highest BCUT2D eigenvalue weighted by molar-refractivity contribution is 5.96. The van der Waals surface area contributed by atoms with Gasteiger partial charge in [0.05, 0.1) is 24.8 Å². The Morgan fingerprint density at radius 1 is 1.16 bits per heavy atom. The van der Waals surface area contributed by atoms with E-state index in [1.54, 1.807) is 6.07 Å². The molecule has 1 aliphatic carbocycles. The zero-order valence-electron chi connectivity index (χ0n) is 22.5. The first kappa shape index (κ1) is 26.8. The Labute approximate surface area is 226 Å². The lowest BCUT2D eigenvalue weighted by Crippen LogP contribution is -2.61. The largest absolute Gasteiger partial charge is 0.379 e. The van der Waals surface area contributed by atoms with Crippen LogP contribution in [0.25, 0.3) is 0 Å². The first-order valence-corrected chi connectivity index (χ1v) is 14.2. The predicted molar refractivity (Wildman–Crippen MR) is 146 cm³/mol. The van der Waals surface area contributed by atoms with Gasteiger partial charge >= 0.3 is 0 Å². The van der Waals surface area contributed by atoms with Crippen LogP contribution in [-0.4, -0.2) is 85.7 Å². The zero-order chi connectivity index (χ0) is 26.5. The van der Waals surface area contributed by atoms with Crippen molar-refractivity contribution < 1.29 is 13.9 Å². The topological polar surface area (TPSA) is 59.8 Å². The Morgan fingerprint density at radius 3 is 2.61 bits per heavy atom. The van der Waals surface area contributed by atoms with Crippen LogP contribution in [0.15, 0.2) is 36.4 Å². The molecule has 2 fully saturated rings. The standard InChI is InChI=1S/C31H39FN4O2/c1-2-35(31(37)30-18-23(19-33)17-25-5-3-4-6-29(25)30)20-26(24-7-9-27(32)10-8-24)11-12-34-21-28(22-34)36-13-15-38-16-14-36/h7-10,17-18,26,28H,2-6,11-16,20-22H2,1H3/t26-/m1/s1. The second-order valence-electron chi connectivity index (χ2n) is 10.9. The maximum atomic E-state index is 13.9. The summed E-state index contributed by atoms with van der Waals surface area (Å²) in [6.45, 7) is 9.95. The number of amides is 1. The van der Waals surface area contributed by atoms with Gasteiger partial charge in [-0.25, -0.2) is 4.39 Å². The average molecular weight is 519 g/mol. The molecule has 2 aromatic carbocycles. The molecule has 5 rings (SSSR count). The summed E-state index contributed by atoms with van der Waals surface area (Å²) in [5.41, 5.74) is 4.59. The van der Waals surface area contributed by atoms with Gasteiger partial charge in [-0.05, 0) is 86.5 Å². The Bertz CT molecular complexity index is 1150. The van der Waals surface area contributed by atoms with Crippen LogP contribution >= 0.6 is 0 Å². The fraction of sp³-hybridized carbons (Fsp3) is 0.548. The van der Waals surface area contributed by atoms with Crippen molar-refractivity contribution >= 4 is 5.91 Å². The van der Waals surface area contributed by atoms with E-state index in [1.165, 1.54) is 12.1 Å². The molecule has 0 bridgehead atoms. The molecule has 0 aromatic heterocycles. The van der Waals surface area contributed by atoms with Crippen LogP contribution in [0.2, 0.25) is 0 Å². The number of hydrogen-bond donors (Lipinski definition) is 0. The van der Waals surface area contributed by atoms with Crippen LogP contribution in [0.4, 0.5) is 4.39 Å². The molecule has 2 heterocycles. The number of rotatable bonds is 9. The molecule has 0 saturated carbocycles. The van der Waals surface area contributed by atoms with Gasteiger partial charge in [0.2, 0.25) is 0 Å². The summed E-state index contributed by atoms with van der Waals surface area (Å²) < 4.78 is 19.2. The van der Waals surface area contributed by atoms with Crippen molar-refractivity contribution in [2.75, 3.05) is 59.0 Å². The number of halogens is 1. The molecule has 2 aliphatic heterocycles. The van der Waals surface area contributed by atoms with Crippen LogP contribution in [0.3, 0.4) is 0 Å². The predicted octanol–water partition coefficient (Wildman–Crippen LogP) is 4.23. The summed E-state index contributed by atoms with van der Waals surface area (Å²) in [4.78, 5) is 20.8. The number of hydrogen-bond acceptors (Lipinski definition) is 5. The van der Waals surface area contributed by atoms with Gasteiger partial charge in [0.25, 0.3) is 5.91 Å². The van der Waals surface area contributed by atoms with Crippen molar-refractivity contribution in [1.29, 1.82) is 5.26 Å². The number of fused-ring (bicyclic) bond motifs is 1. The molecule has 3 aliphatic rings. The molecule has 6 nitrogen and oxygen atoms in total. The number of benzene rings is 2. The summed E-state index contributed by atoms with van der Waals surface area (Å²) in [6, 6.07) is 13.4. The van der Waals surface area contributed by atoms with E-state index in [9.17, 15) is 14.4 Å². The quantitative estimate of drug-likeness (QED) is 0.497. The van der Waals surface area contributed by atoms with Crippen LogP contribution in [0, 0.1) is 17.1 Å². The second kappa shape index (κ2) is 12.4. The molecule has 0 N–H and O–H groups in total. The number of likely N-dealkylation sites (N-methyl/N-ethyl adjacent to an activating group) is 1. The number of ether oxygens (including phenoxy) is 1. The van der Waals surface area contributed by atoms with Gasteiger partial charge in [-0.15, -0.1) is 0 Å². The lowest BCUT2D eigenvalue weighted by Gasteiger charge is -2.47. The number of aryl methyl sites for hydroxylation is 1. The SMILES string of the molecule is CCN(C[C@@H](CCN1CC(N2CCOCC2)C1)c1ccc(F)cc1)C(=O)c1cc(C#N)cc2c1CCCC2. The third kappa shape index (κ3) is 6.09. The van der Waals surface area contributed by atoms with Gasteiger partial charge in [0.15, 0.2) is 0 Å². The minimum atomic E-state index is -0.244. The number of carbonyl (C=O) groups excluding carboxylic acids is 1. The molecule has 0 unspecified atom stereocenters. The molecule has 0 radical (unpaired) electrons. The highest BCUT2D eigenvalue weighted by Gasteiger charge is 2.33. The van der Waals surface area contributed by atoms with Crippen molar-refractivity contribution in [3.63, 3.8) is 0 Å². The van der Waals surface area contributed by atoms with E-state index in [0.717, 1.165) is 94.7 Å². The van der Waals surface area contributed by atoms with E-state index in [4.69, 9.17) is 4.74 Å². The maximum absolute atomic E-state index is 13.9. The summed E-state index contributed by atoms with van der Waals surface area (Å²) in [5.74, 6) is -0.130. The fourth-order valence-corrected chi connectivity index (χ4v) is 6.25. The minimum Gasteiger partial charge on any atom is -0.379 e. The second-order valence-corrected chi connectivity index (χ2v) is 10.9. The van der Waals surface area contributed by atoms with Gasteiger partial charge in [-0.1, -0.05) is 12.1 Å². The van der Waals surface area contributed by atoms with E-state index in [1.807, 2.05) is 30.0 Å². The van der Waals surface area contributed by atoms with Crippen molar-refractivity contribution in [1.82, 2.24) is 14.7 Å². The van der Waals surface area contributed by atoms with Gasteiger partial charge in [0.1, 0.15) is 5.82 Å². The third-order valence-electron chi connectivity index (χ3n) is 8.57. The number of nitrogens with zero attached hydrogens (tertiary/aromatic N) is 4. The lowest BCUT2D eigenvalue weighted by molar-refractivity contribution is -0.0326. The van der Waals surface area contributed by atoms with Gasteiger partial charge in [-0.3, -0.25) is 9.69 Å². The maximum Gasteiger partial charge on any atom is 0.254 e. The molecule has 1 amide bonds. The van der Waals surface area contributed by atoms with Gasteiger partial charge < -0.3 is 14.5 Å². The fourth-order valence-electron chi connectivity index (χ4n) is 6.25. The lowest BCUT2D eigenvalue weighted by atomic mass is 9.86. The summed E-state index contributed by atoms with van der Waals surface area (Å²) in [7, 11) is 0. The van der Waals surface area contributed by atoms with Crippen molar-refractivity contribution in [3.8, 4) is 6.07 Å². The number of likely N-dealkylation sites (tertiary alicyclic amines) is 1. The van der Waals surface area contributed by atoms with Crippen molar-refractivity contribution in [3.05, 3.63) is 70.0 Å². The van der Waals surface area contributed by atoms with Crippen molar-refractivity contribution in [2.24, 2.45) is 0 Å². The van der Waals surface area contributed by atoms with E-state index >= 15 is 0 Å². The smallest absolute Gasteiger partial charge is 0.254 e. The Balaban J connectivity index is 1.29. The molecule has 202 valence electrons. The van der Waals surface area contributed by atoms with E-state index in [0.29, 0.717) is 30.3 Å². The average Bonchev–Trinajstić information content (AvgIpc) is 2.94. The first-order valence-electron chi connectivity index (χ1n) is 14.2. The van der Waals surface area contributed by atoms with E-state index in [-0.39, 0.29) is 17.6 Å². The normalized spacial score (nSPS) is 19.3. The van der Waals surface area contributed by atoms with E-state index in [2.05, 4.69) is 15.9 Å². The van der Waals surface area contributed by atoms with Crippen LogP contribution in [0.1, 0.15) is 64.7 Å². The molecule has 0 spiro atoms. The molecule has 7 heteroatoms. The number of carbonyl (C=O) groups is 1. The third-order valence-corrected chi connectivity index (χ3v) is 8.57.